The minimum atomic E-state index is -1.22. The van der Waals surface area contributed by atoms with Gasteiger partial charge in [0.1, 0.15) is 5.69 Å². The van der Waals surface area contributed by atoms with Crippen LogP contribution in [0.5, 0.6) is 0 Å². The largest absolute Gasteiger partial charge is 0.478 e. The molecule has 10 heteroatoms. The Morgan fingerprint density at radius 2 is 1.74 bits per heavy atom. The van der Waals surface area contributed by atoms with E-state index in [2.05, 4.69) is 10.6 Å². The number of aliphatic carboxylic acids is 1. The fraction of sp³-hybridized carbons (Fsp3) is 0.167. The Balaban J connectivity index is 1.71. The number of rotatable bonds is 8. The lowest BCUT2D eigenvalue weighted by atomic mass is 10.3. The molecule has 3 N–H and O–H groups in total. The quantitative estimate of drug-likeness (QED) is 0.336. The van der Waals surface area contributed by atoms with Gasteiger partial charge in [-0.3, -0.25) is 19.1 Å². The van der Waals surface area contributed by atoms with Crippen LogP contribution in [0.2, 0.25) is 0 Å². The number of carbonyl (C=O) groups excluding carboxylic acids is 2. The first-order valence-electron chi connectivity index (χ1n) is 10.3. The number of benzene rings is 2. The van der Waals surface area contributed by atoms with Crippen molar-refractivity contribution in [1.82, 2.24) is 9.36 Å². The second-order valence-corrected chi connectivity index (χ2v) is 8.79. The van der Waals surface area contributed by atoms with Crippen LogP contribution in [-0.4, -0.2) is 37.5 Å². The van der Waals surface area contributed by atoms with E-state index in [4.69, 9.17) is 5.11 Å². The lowest BCUT2D eigenvalue weighted by Crippen LogP contribution is -2.27. The molecule has 2 amide bonds. The Bertz CT molecular complexity index is 1310. The minimum absolute atomic E-state index is 0.218. The van der Waals surface area contributed by atoms with Crippen molar-refractivity contribution in [2.75, 3.05) is 10.6 Å². The van der Waals surface area contributed by atoms with Gasteiger partial charge in [-0.2, -0.15) is 0 Å². The van der Waals surface area contributed by atoms with Gasteiger partial charge >= 0.3 is 5.97 Å². The van der Waals surface area contributed by atoms with Gasteiger partial charge in [0.25, 0.3) is 5.56 Å². The molecule has 1 aromatic heterocycles. The molecular weight excluding hydrogens is 456 g/mol. The lowest BCUT2D eigenvalue weighted by Gasteiger charge is -2.12. The summed E-state index contributed by atoms with van der Waals surface area (Å²) >= 11 is 1.26. The maximum absolute atomic E-state index is 13.0. The summed E-state index contributed by atoms with van der Waals surface area (Å²) in [5.74, 6) is -2.14. The molecule has 0 spiro atoms. The lowest BCUT2D eigenvalue weighted by molar-refractivity contribution is -0.131. The zero-order valence-electron chi connectivity index (χ0n) is 18.8. The number of hydrogen-bond donors (Lipinski definition) is 3. The van der Waals surface area contributed by atoms with Crippen molar-refractivity contribution in [3.63, 3.8) is 0 Å². The number of anilines is 2. The smallest absolute Gasteiger partial charge is 0.328 e. The number of nitrogens with one attached hydrogen (secondary N) is 2. The van der Waals surface area contributed by atoms with Crippen LogP contribution in [0.25, 0.3) is 5.69 Å². The van der Waals surface area contributed by atoms with Crippen molar-refractivity contribution in [1.29, 1.82) is 0 Å². The summed E-state index contributed by atoms with van der Waals surface area (Å²) in [6, 6.07) is 16.0. The van der Waals surface area contributed by atoms with E-state index < -0.39 is 17.1 Å². The van der Waals surface area contributed by atoms with Crippen molar-refractivity contribution >= 4 is 40.9 Å². The normalized spacial score (nSPS) is 11.9. The molecule has 1 atom stereocenters. The van der Waals surface area contributed by atoms with Crippen molar-refractivity contribution in [2.45, 2.75) is 24.0 Å². The molecule has 1 heterocycles. The topological polar surface area (TPSA) is 122 Å². The van der Waals surface area contributed by atoms with E-state index in [1.807, 2.05) is 30.3 Å². The van der Waals surface area contributed by atoms with E-state index in [0.29, 0.717) is 22.0 Å². The van der Waals surface area contributed by atoms with E-state index >= 15 is 0 Å². The second kappa shape index (κ2) is 10.7. The molecule has 0 fully saturated rings. The number of aromatic nitrogens is 2. The molecule has 0 saturated heterocycles. The number of nitrogens with zero attached hydrogens (tertiary/aromatic N) is 2. The molecule has 176 valence electrons. The first kappa shape index (κ1) is 24.6. The summed E-state index contributed by atoms with van der Waals surface area (Å²) in [6.45, 7) is 3.48. The third kappa shape index (κ3) is 5.84. The molecule has 0 aliphatic rings. The number of carbonyl (C=O) groups is 3. The van der Waals surface area contributed by atoms with Crippen LogP contribution in [-0.2, 0) is 21.4 Å². The molecule has 0 bridgehead atoms. The van der Waals surface area contributed by atoms with E-state index in [0.717, 1.165) is 12.2 Å². The molecule has 0 radical (unpaired) electrons. The predicted octanol–water partition coefficient (Wildman–Crippen LogP) is 3.18. The Hall–Kier alpha value is -4.05. The van der Waals surface area contributed by atoms with Gasteiger partial charge in [-0.1, -0.05) is 24.3 Å². The third-order valence-electron chi connectivity index (χ3n) is 4.96. The summed E-state index contributed by atoms with van der Waals surface area (Å²) in [6.07, 6.45) is 1.67. The molecule has 0 saturated carbocycles. The van der Waals surface area contributed by atoms with Crippen LogP contribution in [0, 0.1) is 6.92 Å². The molecule has 9 nitrogen and oxygen atoms in total. The Labute approximate surface area is 200 Å². The molecule has 0 aliphatic heterocycles. The Morgan fingerprint density at radius 3 is 2.41 bits per heavy atom. The Kier molecular flexibility index (Phi) is 7.75. The number of thioether (sulfide) groups is 1. The number of amides is 2. The first-order chi connectivity index (χ1) is 16.2. The zero-order chi connectivity index (χ0) is 24.8. The maximum atomic E-state index is 13.0. The summed E-state index contributed by atoms with van der Waals surface area (Å²) in [4.78, 5) is 48.9. The second-order valence-electron chi connectivity index (χ2n) is 7.37. The molecular formula is C24H24N4O5S. The van der Waals surface area contributed by atoms with Crippen LogP contribution in [0.1, 0.15) is 12.6 Å². The molecule has 2 aromatic carbocycles. The maximum Gasteiger partial charge on any atom is 0.328 e. The van der Waals surface area contributed by atoms with Crippen LogP contribution < -0.4 is 16.2 Å². The van der Waals surface area contributed by atoms with Crippen molar-refractivity contribution in [3.8, 4) is 5.69 Å². The Morgan fingerprint density at radius 1 is 1.03 bits per heavy atom. The average Bonchev–Trinajstić information content (AvgIpc) is 3.01. The van der Waals surface area contributed by atoms with Crippen molar-refractivity contribution in [2.24, 2.45) is 7.05 Å². The molecule has 34 heavy (non-hydrogen) atoms. The highest BCUT2D eigenvalue weighted by molar-refractivity contribution is 8.00. The van der Waals surface area contributed by atoms with Gasteiger partial charge in [-0.25, -0.2) is 9.48 Å². The predicted molar refractivity (Wildman–Crippen MR) is 132 cm³/mol. The summed E-state index contributed by atoms with van der Waals surface area (Å²) in [5, 5.41) is 13.4. The molecule has 3 aromatic rings. The molecule has 3 rings (SSSR count). The highest BCUT2D eigenvalue weighted by Gasteiger charge is 2.21. The summed E-state index contributed by atoms with van der Waals surface area (Å²) in [5.41, 5.74) is 1.67. The average molecular weight is 481 g/mol. The van der Waals surface area contributed by atoms with E-state index in [1.54, 1.807) is 49.8 Å². The van der Waals surface area contributed by atoms with Gasteiger partial charge in [0.05, 0.1) is 16.6 Å². The number of carboxylic acid groups (broad SMARTS) is 1. The first-order valence-corrected chi connectivity index (χ1v) is 11.2. The fourth-order valence-corrected chi connectivity index (χ4v) is 4.10. The van der Waals surface area contributed by atoms with Gasteiger partial charge in [-0.05, 0) is 44.2 Å². The molecule has 1 unspecified atom stereocenters. The van der Waals surface area contributed by atoms with Gasteiger partial charge in [0.15, 0.2) is 0 Å². The van der Waals surface area contributed by atoms with Gasteiger partial charge in [0.2, 0.25) is 11.8 Å². The highest BCUT2D eigenvalue weighted by atomic mass is 32.2. The van der Waals surface area contributed by atoms with E-state index in [1.165, 1.54) is 16.4 Å². The van der Waals surface area contributed by atoms with Gasteiger partial charge in [0, 0.05) is 29.8 Å². The standard InChI is InChI=1S/C24H24N4O5S/c1-15-22(24(33)28(27(15)3)18-9-5-4-6-10-18)26-23(32)16(2)34-19-11-7-8-17(14-19)25-20(29)12-13-21(30)31/h4-14,16H,1-3H3,(H,25,29)(H,26,32)(H,30,31)/b13-12+. The van der Waals surface area contributed by atoms with Gasteiger partial charge in [-0.15, -0.1) is 11.8 Å². The van der Waals surface area contributed by atoms with Gasteiger partial charge < -0.3 is 15.7 Å². The van der Waals surface area contributed by atoms with Crippen molar-refractivity contribution < 1.29 is 19.5 Å². The SMILES string of the molecule is Cc1c(NC(=O)C(C)Sc2cccc(NC(=O)/C=C/C(=O)O)c2)c(=O)n(-c2ccccc2)n1C. The summed E-state index contributed by atoms with van der Waals surface area (Å²) < 4.78 is 3.18. The molecule has 0 aliphatic carbocycles. The number of hydrogen-bond acceptors (Lipinski definition) is 5. The number of para-hydroxylation sites is 1. The van der Waals surface area contributed by atoms with Crippen LogP contribution in [0.4, 0.5) is 11.4 Å². The van der Waals surface area contributed by atoms with Crippen LogP contribution in [0.15, 0.2) is 76.4 Å². The van der Waals surface area contributed by atoms with E-state index in [-0.39, 0.29) is 17.2 Å². The summed E-state index contributed by atoms with van der Waals surface area (Å²) in [7, 11) is 1.75. The fourth-order valence-electron chi connectivity index (χ4n) is 3.17. The zero-order valence-corrected chi connectivity index (χ0v) is 19.6. The van der Waals surface area contributed by atoms with Crippen molar-refractivity contribution in [3.05, 3.63) is 82.8 Å². The third-order valence-corrected chi connectivity index (χ3v) is 6.06. The van der Waals surface area contributed by atoms with Crippen LogP contribution >= 0.6 is 11.8 Å². The minimum Gasteiger partial charge on any atom is -0.478 e. The van der Waals surface area contributed by atoms with E-state index in [9.17, 15) is 19.2 Å². The van der Waals surface area contributed by atoms with Crippen LogP contribution in [0.3, 0.4) is 0 Å². The highest BCUT2D eigenvalue weighted by Crippen LogP contribution is 2.27. The monoisotopic (exact) mass is 480 g/mol. The number of carboxylic acids is 1.